The third kappa shape index (κ3) is 5.05. The number of para-hydroxylation sites is 1. The first-order valence-corrected chi connectivity index (χ1v) is 5.07. The van der Waals surface area contributed by atoms with Crippen molar-refractivity contribution >= 4 is 5.97 Å². The largest absolute Gasteiger partial charge is 0.508 e. The van der Waals surface area contributed by atoms with Gasteiger partial charge in [-0.05, 0) is 18.1 Å². The molecule has 0 saturated carbocycles. The SMILES string of the molecule is CC.COC(=O)CCc1ccccc1O. The maximum atomic E-state index is 10.8. The standard InChI is InChI=1S/C10H12O3.C2H6/c1-13-10(12)7-6-8-4-2-3-5-9(8)11;1-2/h2-5,11H,6-7H2,1H3;1-2H3. The third-order valence-corrected chi connectivity index (χ3v) is 1.82. The summed E-state index contributed by atoms with van der Waals surface area (Å²) in [6.07, 6.45) is 0.813. The summed E-state index contributed by atoms with van der Waals surface area (Å²) in [7, 11) is 1.35. The molecule has 0 saturated heterocycles. The molecule has 0 heterocycles. The minimum Gasteiger partial charge on any atom is -0.508 e. The number of ether oxygens (including phenoxy) is 1. The summed E-state index contributed by atoms with van der Waals surface area (Å²) in [5, 5.41) is 9.34. The number of rotatable bonds is 3. The Morgan fingerprint density at radius 2 is 1.93 bits per heavy atom. The molecule has 0 amide bonds. The van der Waals surface area contributed by atoms with E-state index >= 15 is 0 Å². The molecule has 0 aliphatic rings. The molecular weight excluding hydrogens is 192 g/mol. The van der Waals surface area contributed by atoms with Crippen LogP contribution in [0, 0.1) is 0 Å². The number of aromatic hydroxyl groups is 1. The summed E-state index contributed by atoms with van der Waals surface area (Å²) < 4.78 is 4.49. The molecule has 0 aromatic heterocycles. The van der Waals surface area contributed by atoms with Gasteiger partial charge >= 0.3 is 5.97 Å². The summed E-state index contributed by atoms with van der Waals surface area (Å²) in [4.78, 5) is 10.8. The lowest BCUT2D eigenvalue weighted by molar-refractivity contribution is -0.140. The van der Waals surface area contributed by atoms with Crippen LogP contribution in [0.5, 0.6) is 5.75 Å². The van der Waals surface area contributed by atoms with Crippen LogP contribution >= 0.6 is 0 Å². The Morgan fingerprint density at radius 1 is 1.33 bits per heavy atom. The van der Waals surface area contributed by atoms with Crippen LogP contribution in [0.15, 0.2) is 24.3 Å². The lowest BCUT2D eigenvalue weighted by Gasteiger charge is -2.02. The maximum absolute atomic E-state index is 10.8. The molecule has 1 rings (SSSR count). The van der Waals surface area contributed by atoms with Crippen molar-refractivity contribution in [3.63, 3.8) is 0 Å². The average molecular weight is 210 g/mol. The number of benzene rings is 1. The van der Waals surface area contributed by atoms with E-state index in [1.165, 1.54) is 7.11 Å². The van der Waals surface area contributed by atoms with Gasteiger partial charge in [0.2, 0.25) is 0 Å². The number of hydrogen-bond donors (Lipinski definition) is 1. The van der Waals surface area contributed by atoms with Gasteiger partial charge in [0.15, 0.2) is 0 Å². The fourth-order valence-corrected chi connectivity index (χ4v) is 1.06. The summed E-state index contributed by atoms with van der Waals surface area (Å²) in [5.74, 6) is -0.0327. The summed E-state index contributed by atoms with van der Waals surface area (Å²) in [5.41, 5.74) is 0.771. The second kappa shape index (κ2) is 7.85. The van der Waals surface area contributed by atoms with Crippen molar-refractivity contribution in [2.75, 3.05) is 7.11 Å². The lowest BCUT2D eigenvalue weighted by atomic mass is 10.1. The van der Waals surface area contributed by atoms with Crippen molar-refractivity contribution in [1.82, 2.24) is 0 Å². The number of esters is 1. The molecule has 0 aliphatic heterocycles. The van der Waals surface area contributed by atoms with E-state index in [0.717, 1.165) is 5.56 Å². The lowest BCUT2D eigenvalue weighted by Crippen LogP contribution is -2.01. The van der Waals surface area contributed by atoms with Gasteiger partial charge < -0.3 is 9.84 Å². The first-order valence-electron chi connectivity index (χ1n) is 5.07. The molecule has 3 heteroatoms. The van der Waals surface area contributed by atoms with Gasteiger partial charge in [0.25, 0.3) is 0 Å². The Hall–Kier alpha value is -1.51. The molecule has 1 aromatic rings. The van der Waals surface area contributed by atoms with E-state index in [-0.39, 0.29) is 11.7 Å². The van der Waals surface area contributed by atoms with Crippen LogP contribution in [0.4, 0.5) is 0 Å². The van der Waals surface area contributed by atoms with Crippen molar-refractivity contribution in [1.29, 1.82) is 0 Å². The Kier molecular flexibility index (Phi) is 7.06. The summed E-state index contributed by atoms with van der Waals surface area (Å²) in [6, 6.07) is 6.97. The van der Waals surface area contributed by atoms with Crippen molar-refractivity contribution in [2.24, 2.45) is 0 Å². The predicted octanol–water partition coefficient (Wildman–Crippen LogP) is 2.52. The highest BCUT2D eigenvalue weighted by Gasteiger charge is 2.03. The van der Waals surface area contributed by atoms with Gasteiger partial charge in [-0.15, -0.1) is 0 Å². The zero-order valence-electron chi connectivity index (χ0n) is 9.49. The maximum Gasteiger partial charge on any atom is 0.305 e. The molecule has 15 heavy (non-hydrogen) atoms. The van der Waals surface area contributed by atoms with Crippen LogP contribution in [-0.2, 0) is 16.0 Å². The summed E-state index contributed by atoms with van der Waals surface area (Å²) in [6.45, 7) is 4.00. The molecule has 0 fully saturated rings. The van der Waals surface area contributed by atoms with E-state index in [2.05, 4.69) is 4.74 Å². The highest BCUT2D eigenvalue weighted by Crippen LogP contribution is 2.17. The fraction of sp³-hybridized carbons (Fsp3) is 0.417. The van der Waals surface area contributed by atoms with Gasteiger partial charge in [-0.3, -0.25) is 4.79 Å². The van der Waals surface area contributed by atoms with Crippen LogP contribution in [0.25, 0.3) is 0 Å². The first kappa shape index (κ1) is 13.5. The Balaban J connectivity index is 0.000000921. The number of carbonyl (C=O) groups is 1. The highest BCUT2D eigenvalue weighted by molar-refractivity contribution is 5.69. The molecule has 0 unspecified atom stereocenters. The number of methoxy groups -OCH3 is 1. The number of phenolic OH excluding ortho intramolecular Hbond substituents is 1. The van der Waals surface area contributed by atoms with Gasteiger partial charge in [0.05, 0.1) is 7.11 Å². The number of hydrogen-bond acceptors (Lipinski definition) is 3. The van der Waals surface area contributed by atoms with Crippen LogP contribution in [0.2, 0.25) is 0 Å². The minimum atomic E-state index is -0.261. The minimum absolute atomic E-state index is 0.228. The van der Waals surface area contributed by atoms with Crippen molar-refractivity contribution in [3.05, 3.63) is 29.8 Å². The number of phenols is 1. The molecule has 3 nitrogen and oxygen atoms in total. The van der Waals surface area contributed by atoms with Gasteiger partial charge in [-0.25, -0.2) is 0 Å². The van der Waals surface area contributed by atoms with E-state index < -0.39 is 0 Å². The van der Waals surface area contributed by atoms with Crippen molar-refractivity contribution in [2.45, 2.75) is 26.7 Å². The molecule has 1 N–H and O–H groups in total. The normalized spacial score (nSPS) is 8.73. The Bertz CT molecular complexity index is 295. The van der Waals surface area contributed by atoms with E-state index in [0.29, 0.717) is 12.8 Å². The molecule has 84 valence electrons. The molecular formula is C12H18O3. The molecule has 0 bridgehead atoms. The van der Waals surface area contributed by atoms with E-state index in [4.69, 9.17) is 0 Å². The van der Waals surface area contributed by atoms with Gasteiger partial charge in [0, 0.05) is 6.42 Å². The second-order valence-corrected chi connectivity index (χ2v) is 2.70. The molecule has 1 aromatic carbocycles. The molecule has 0 aliphatic carbocycles. The second-order valence-electron chi connectivity index (χ2n) is 2.70. The zero-order valence-corrected chi connectivity index (χ0v) is 9.49. The highest BCUT2D eigenvalue weighted by atomic mass is 16.5. The van der Waals surface area contributed by atoms with Crippen LogP contribution < -0.4 is 0 Å². The van der Waals surface area contributed by atoms with E-state index in [9.17, 15) is 9.90 Å². The Morgan fingerprint density at radius 3 is 2.47 bits per heavy atom. The quantitative estimate of drug-likeness (QED) is 0.780. The molecule has 0 spiro atoms. The van der Waals surface area contributed by atoms with E-state index in [1.807, 2.05) is 19.9 Å². The van der Waals surface area contributed by atoms with Crippen molar-refractivity contribution < 1.29 is 14.6 Å². The predicted molar refractivity (Wildman–Crippen MR) is 59.8 cm³/mol. The van der Waals surface area contributed by atoms with Crippen LogP contribution in [-0.4, -0.2) is 18.2 Å². The topological polar surface area (TPSA) is 46.5 Å². The Labute approximate surface area is 90.7 Å². The number of aryl methyl sites for hydroxylation is 1. The number of carbonyl (C=O) groups excluding carboxylic acids is 1. The summed E-state index contributed by atoms with van der Waals surface area (Å²) >= 11 is 0. The first-order chi connectivity index (χ1) is 7.24. The van der Waals surface area contributed by atoms with E-state index in [1.54, 1.807) is 18.2 Å². The fourth-order valence-electron chi connectivity index (χ4n) is 1.06. The zero-order chi connectivity index (χ0) is 11.7. The monoisotopic (exact) mass is 210 g/mol. The van der Waals surface area contributed by atoms with Crippen molar-refractivity contribution in [3.8, 4) is 5.75 Å². The third-order valence-electron chi connectivity index (χ3n) is 1.82. The smallest absolute Gasteiger partial charge is 0.305 e. The van der Waals surface area contributed by atoms with Gasteiger partial charge in [0.1, 0.15) is 5.75 Å². The molecule has 0 atom stereocenters. The molecule has 0 radical (unpaired) electrons. The average Bonchev–Trinajstić information content (AvgIpc) is 2.30. The van der Waals surface area contributed by atoms with Gasteiger partial charge in [-0.2, -0.15) is 0 Å². The van der Waals surface area contributed by atoms with Crippen LogP contribution in [0.3, 0.4) is 0 Å². The van der Waals surface area contributed by atoms with Gasteiger partial charge in [-0.1, -0.05) is 32.0 Å². The van der Waals surface area contributed by atoms with Crippen LogP contribution in [0.1, 0.15) is 25.8 Å².